The lowest BCUT2D eigenvalue weighted by Gasteiger charge is -2.08. The van der Waals surface area contributed by atoms with E-state index in [9.17, 15) is 8.78 Å². The van der Waals surface area contributed by atoms with Gasteiger partial charge in [0.15, 0.2) is 0 Å². The molecule has 0 heterocycles. The Balaban J connectivity index is 2.08. The van der Waals surface area contributed by atoms with Gasteiger partial charge in [0.25, 0.3) is 0 Å². The first-order valence-electron chi connectivity index (χ1n) is 5.58. The van der Waals surface area contributed by atoms with Crippen molar-refractivity contribution < 1.29 is 23.6 Å². The highest BCUT2D eigenvalue weighted by atomic mass is 19.1. The molecular weight excluding hydrogens is 253 g/mol. The van der Waals surface area contributed by atoms with Crippen molar-refractivity contribution in [2.75, 3.05) is 0 Å². The van der Waals surface area contributed by atoms with Crippen LogP contribution in [-0.4, -0.2) is 17.2 Å². The van der Waals surface area contributed by atoms with Crippen molar-refractivity contribution in [3.8, 4) is 5.75 Å². The average molecular weight is 264 g/mol. The third-order valence-electron chi connectivity index (χ3n) is 2.51. The van der Waals surface area contributed by atoms with Gasteiger partial charge in [0, 0.05) is 6.07 Å². The first-order chi connectivity index (χ1) is 9.04. The third kappa shape index (κ3) is 3.77. The molecule has 0 aliphatic rings. The molecule has 2 N–H and O–H groups in total. The molecule has 0 aliphatic carbocycles. The molecular formula is C13H11BF2O3. The zero-order valence-electron chi connectivity index (χ0n) is 9.88. The van der Waals surface area contributed by atoms with Gasteiger partial charge >= 0.3 is 7.12 Å². The van der Waals surface area contributed by atoms with E-state index < -0.39 is 12.9 Å². The maximum Gasteiger partial charge on any atom is 0.488 e. The van der Waals surface area contributed by atoms with Crippen molar-refractivity contribution in [3.05, 3.63) is 59.7 Å². The topological polar surface area (TPSA) is 49.7 Å². The maximum atomic E-state index is 13.2. The Kier molecular flexibility index (Phi) is 4.14. The van der Waals surface area contributed by atoms with E-state index in [1.54, 1.807) is 12.1 Å². The van der Waals surface area contributed by atoms with Crippen molar-refractivity contribution in [2.24, 2.45) is 0 Å². The van der Waals surface area contributed by atoms with Gasteiger partial charge in [-0.2, -0.15) is 0 Å². The fourth-order valence-corrected chi connectivity index (χ4v) is 1.56. The normalized spacial score (nSPS) is 10.3. The molecule has 3 nitrogen and oxygen atoms in total. The monoisotopic (exact) mass is 264 g/mol. The van der Waals surface area contributed by atoms with Gasteiger partial charge < -0.3 is 14.8 Å². The van der Waals surface area contributed by atoms with Gasteiger partial charge in [-0.3, -0.25) is 0 Å². The van der Waals surface area contributed by atoms with E-state index in [1.165, 1.54) is 18.2 Å². The molecule has 0 fully saturated rings. The fourth-order valence-electron chi connectivity index (χ4n) is 1.56. The summed E-state index contributed by atoms with van der Waals surface area (Å²) < 4.78 is 31.2. The molecule has 0 bridgehead atoms. The summed E-state index contributed by atoms with van der Waals surface area (Å²) in [5.74, 6) is -0.799. The van der Waals surface area contributed by atoms with E-state index in [2.05, 4.69) is 0 Å². The summed E-state index contributed by atoms with van der Waals surface area (Å²) in [5, 5.41) is 18.0. The molecule has 98 valence electrons. The quantitative estimate of drug-likeness (QED) is 0.816. The van der Waals surface area contributed by atoms with Crippen LogP contribution in [-0.2, 0) is 6.61 Å². The molecule has 0 radical (unpaired) electrons. The molecule has 2 aromatic rings. The Morgan fingerprint density at radius 1 is 0.947 bits per heavy atom. The van der Waals surface area contributed by atoms with Crippen LogP contribution < -0.4 is 10.2 Å². The van der Waals surface area contributed by atoms with Crippen molar-refractivity contribution in [2.45, 2.75) is 6.61 Å². The lowest BCUT2D eigenvalue weighted by molar-refractivity contribution is 0.304. The first kappa shape index (κ1) is 13.5. The number of ether oxygens (including phenoxy) is 1. The second kappa shape index (κ2) is 5.82. The van der Waals surface area contributed by atoms with E-state index in [0.717, 1.165) is 17.7 Å². The highest BCUT2D eigenvalue weighted by Gasteiger charge is 2.13. The standard InChI is InChI=1S/C13H11BF2O3/c15-11-3-1-9(2-4-11)8-19-13-6-10(14(17)18)5-12(16)7-13/h1-7,17-18H,8H2. The summed E-state index contributed by atoms with van der Waals surface area (Å²) in [4.78, 5) is 0. The van der Waals surface area contributed by atoms with Crippen LogP contribution in [0.3, 0.4) is 0 Å². The number of hydrogen-bond acceptors (Lipinski definition) is 3. The van der Waals surface area contributed by atoms with Crippen LogP contribution in [0.15, 0.2) is 42.5 Å². The fraction of sp³-hybridized carbons (Fsp3) is 0.0769. The summed E-state index contributed by atoms with van der Waals surface area (Å²) in [5.41, 5.74) is 0.728. The number of rotatable bonds is 4. The molecule has 0 saturated carbocycles. The van der Waals surface area contributed by atoms with E-state index in [0.29, 0.717) is 0 Å². The summed E-state index contributed by atoms with van der Waals surface area (Å²) in [6, 6.07) is 9.18. The van der Waals surface area contributed by atoms with E-state index in [1.807, 2.05) is 0 Å². The van der Waals surface area contributed by atoms with E-state index >= 15 is 0 Å². The second-order valence-corrected chi connectivity index (χ2v) is 4.01. The largest absolute Gasteiger partial charge is 0.489 e. The van der Waals surface area contributed by atoms with Crippen LogP contribution in [0.5, 0.6) is 5.75 Å². The van der Waals surface area contributed by atoms with Gasteiger partial charge in [0.2, 0.25) is 0 Å². The van der Waals surface area contributed by atoms with Gasteiger partial charge in [-0.1, -0.05) is 12.1 Å². The van der Waals surface area contributed by atoms with Crippen molar-refractivity contribution in [1.29, 1.82) is 0 Å². The Labute approximate surface area is 109 Å². The van der Waals surface area contributed by atoms with Gasteiger partial charge in [-0.15, -0.1) is 0 Å². The predicted molar refractivity (Wildman–Crippen MR) is 67.0 cm³/mol. The zero-order chi connectivity index (χ0) is 13.8. The summed E-state index contributed by atoms with van der Waals surface area (Å²) in [6.07, 6.45) is 0. The number of benzene rings is 2. The number of hydrogen-bond donors (Lipinski definition) is 2. The Hall–Kier alpha value is -1.92. The van der Waals surface area contributed by atoms with Crippen molar-refractivity contribution in [1.82, 2.24) is 0 Å². The molecule has 6 heteroatoms. The maximum absolute atomic E-state index is 13.2. The van der Waals surface area contributed by atoms with Gasteiger partial charge in [0.1, 0.15) is 24.0 Å². The molecule has 19 heavy (non-hydrogen) atoms. The average Bonchev–Trinajstić information content (AvgIpc) is 2.37. The summed E-state index contributed by atoms with van der Waals surface area (Å²) in [7, 11) is -1.76. The van der Waals surface area contributed by atoms with Gasteiger partial charge in [-0.05, 0) is 35.3 Å². The highest BCUT2D eigenvalue weighted by molar-refractivity contribution is 6.58. The third-order valence-corrected chi connectivity index (χ3v) is 2.51. The Morgan fingerprint density at radius 3 is 2.26 bits per heavy atom. The minimum Gasteiger partial charge on any atom is -0.489 e. The molecule has 0 aliphatic heterocycles. The molecule has 0 spiro atoms. The predicted octanol–water partition coefficient (Wildman–Crippen LogP) is 1.22. The van der Waals surface area contributed by atoms with Crippen LogP contribution in [0, 0.1) is 11.6 Å². The smallest absolute Gasteiger partial charge is 0.488 e. The van der Waals surface area contributed by atoms with Crippen LogP contribution >= 0.6 is 0 Å². The van der Waals surface area contributed by atoms with Crippen LogP contribution in [0.2, 0.25) is 0 Å². The van der Waals surface area contributed by atoms with Crippen molar-refractivity contribution in [3.63, 3.8) is 0 Å². The highest BCUT2D eigenvalue weighted by Crippen LogP contribution is 2.13. The van der Waals surface area contributed by atoms with Crippen LogP contribution in [0.25, 0.3) is 0 Å². The Morgan fingerprint density at radius 2 is 1.63 bits per heavy atom. The van der Waals surface area contributed by atoms with Crippen LogP contribution in [0.1, 0.15) is 5.56 Å². The summed E-state index contributed by atoms with van der Waals surface area (Å²) >= 11 is 0. The molecule has 2 aromatic carbocycles. The lowest BCUT2D eigenvalue weighted by atomic mass is 9.80. The minimum absolute atomic E-state index is 0.00843. The van der Waals surface area contributed by atoms with Crippen molar-refractivity contribution >= 4 is 12.6 Å². The van der Waals surface area contributed by atoms with E-state index in [-0.39, 0.29) is 23.6 Å². The molecule has 0 atom stereocenters. The lowest BCUT2D eigenvalue weighted by Crippen LogP contribution is -2.30. The summed E-state index contributed by atoms with van der Waals surface area (Å²) in [6.45, 7) is 0.130. The van der Waals surface area contributed by atoms with Gasteiger partial charge in [-0.25, -0.2) is 8.78 Å². The minimum atomic E-state index is -1.76. The molecule has 0 aromatic heterocycles. The van der Waals surface area contributed by atoms with E-state index in [4.69, 9.17) is 14.8 Å². The Bertz CT molecular complexity index is 558. The second-order valence-electron chi connectivity index (χ2n) is 4.01. The first-order valence-corrected chi connectivity index (χ1v) is 5.58. The molecule has 0 amide bonds. The SMILES string of the molecule is OB(O)c1cc(F)cc(OCc2ccc(F)cc2)c1. The number of halogens is 2. The molecule has 2 rings (SSSR count). The zero-order valence-corrected chi connectivity index (χ0v) is 9.88. The molecule has 0 saturated heterocycles. The van der Waals surface area contributed by atoms with Gasteiger partial charge in [0.05, 0.1) is 0 Å². The van der Waals surface area contributed by atoms with Crippen LogP contribution in [0.4, 0.5) is 8.78 Å². The molecule has 0 unspecified atom stereocenters.